The number of primary amides is 1. The van der Waals surface area contributed by atoms with Crippen LogP contribution in [-0.4, -0.2) is 15.7 Å². The fourth-order valence-electron chi connectivity index (χ4n) is 0.842. The van der Waals surface area contributed by atoms with Gasteiger partial charge in [0, 0.05) is 12.7 Å². The van der Waals surface area contributed by atoms with Crippen LogP contribution < -0.4 is 5.73 Å². The SMILES string of the molecule is CCCn1cc(C(N)=O)cn1. The Morgan fingerprint density at radius 2 is 2.55 bits per heavy atom. The van der Waals surface area contributed by atoms with Gasteiger partial charge < -0.3 is 5.73 Å². The van der Waals surface area contributed by atoms with Crippen molar-refractivity contribution in [2.75, 3.05) is 0 Å². The number of rotatable bonds is 3. The topological polar surface area (TPSA) is 60.9 Å². The molecule has 0 aliphatic heterocycles. The van der Waals surface area contributed by atoms with E-state index < -0.39 is 5.91 Å². The van der Waals surface area contributed by atoms with Gasteiger partial charge in [-0.1, -0.05) is 6.92 Å². The van der Waals surface area contributed by atoms with Crippen molar-refractivity contribution in [3.8, 4) is 0 Å². The average Bonchev–Trinajstić information content (AvgIpc) is 2.37. The molecule has 0 fully saturated rings. The monoisotopic (exact) mass is 153 g/mol. The fourth-order valence-corrected chi connectivity index (χ4v) is 0.842. The molecule has 0 saturated heterocycles. The lowest BCUT2D eigenvalue weighted by molar-refractivity contribution is 0.1000. The third-order valence-electron chi connectivity index (χ3n) is 1.37. The first-order valence-corrected chi connectivity index (χ1v) is 3.56. The highest BCUT2D eigenvalue weighted by Gasteiger charge is 2.01. The Kier molecular flexibility index (Phi) is 2.25. The molecule has 0 aliphatic rings. The smallest absolute Gasteiger partial charge is 0.251 e. The summed E-state index contributed by atoms with van der Waals surface area (Å²) in [6.45, 7) is 2.87. The van der Waals surface area contributed by atoms with Crippen LogP contribution in [0.5, 0.6) is 0 Å². The van der Waals surface area contributed by atoms with Gasteiger partial charge in [-0.05, 0) is 6.42 Å². The summed E-state index contributed by atoms with van der Waals surface area (Å²) in [5.41, 5.74) is 5.50. The number of carbonyl (C=O) groups is 1. The minimum atomic E-state index is -0.424. The summed E-state index contributed by atoms with van der Waals surface area (Å²) in [4.78, 5) is 10.6. The molecule has 0 aromatic carbocycles. The fraction of sp³-hybridized carbons (Fsp3) is 0.429. The molecule has 1 heterocycles. The van der Waals surface area contributed by atoms with Crippen molar-refractivity contribution in [2.24, 2.45) is 5.73 Å². The third kappa shape index (κ3) is 1.80. The second-order valence-corrected chi connectivity index (χ2v) is 2.36. The number of amides is 1. The molecule has 0 unspecified atom stereocenters. The molecule has 1 aromatic rings. The summed E-state index contributed by atoms with van der Waals surface area (Å²) in [6.07, 6.45) is 4.14. The molecular formula is C7H11N3O. The van der Waals surface area contributed by atoms with Gasteiger partial charge in [-0.25, -0.2) is 0 Å². The van der Waals surface area contributed by atoms with E-state index in [9.17, 15) is 4.79 Å². The number of aryl methyl sites for hydroxylation is 1. The van der Waals surface area contributed by atoms with Crippen molar-refractivity contribution in [2.45, 2.75) is 19.9 Å². The highest BCUT2D eigenvalue weighted by molar-refractivity contribution is 5.92. The van der Waals surface area contributed by atoms with Crippen molar-refractivity contribution < 1.29 is 4.79 Å². The summed E-state index contributed by atoms with van der Waals surface area (Å²) in [7, 11) is 0. The van der Waals surface area contributed by atoms with Crippen LogP contribution in [0.4, 0.5) is 0 Å². The van der Waals surface area contributed by atoms with Gasteiger partial charge in [0.1, 0.15) is 0 Å². The van der Waals surface area contributed by atoms with Gasteiger partial charge in [0.15, 0.2) is 0 Å². The van der Waals surface area contributed by atoms with Crippen LogP contribution in [0.3, 0.4) is 0 Å². The van der Waals surface area contributed by atoms with E-state index in [-0.39, 0.29) is 0 Å². The molecule has 0 radical (unpaired) electrons. The minimum absolute atomic E-state index is 0.424. The Morgan fingerprint density at radius 3 is 3.00 bits per heavy atom. The van der Waals surface area contributed by atoms with Crippen LogP contribution in [0.15, 0.2) is 12.4 Å². The summed E-state index contributed by atoms with van der Waals surface area (Å²) in [5.74, 6) is -0.424. The first-order chi connectivity index (χ1) is 5.24. The Balaban J connectivity index is 2.73. The van der Waals surface area contributed by atoms with Crippen LogP contribution in [0.2, 0.25) is 0 Å². The van der Waals surface area contributed by atoms with Crippen LogP contribution in [-0.2, 0) is 6.54 Å². The Labute approximate surface area is 65.0 Å². The predicted molar refractivity (Wildman–Crippen MR) is 41.0 cm³/mol. The first kappa shape index (κ1) is 7.78. The number of aromatic nitrogens is 2. The lowest BCUT2D eigenvalue weighted by Gasteiger charge is -1.93. The summed E-state index contributed by atoms with van der Waals surface area (Å²) < 4.78 is 1.71. The summed E-state index contributed by atoms with van der Waals surface area (Å²) in [5, 5.41) is 3.94. The van der Waals surface area contributed by atoms with Gasteiger partial charge in [-0.3, -0.25) is 9.48 Å². The maximum atomic E-state index is 10.6. The normalized spacial score (nSPS) is 9.91. The second-order valence-electron chi connectivity index (χ2n) is 2.36. The Morgan fingerprint density at radius 1 is 1.82 bits per heavy atom. The van der Waals surface area contributed by atoms with Crippen LogP contribution in [0.1, 0.15) is 23.7 Å². The van der Waals surface area contributed by atoms with Crippen LogP contribution in [0, 0.1) is 0 Å². The third-order valence-corrected chi connectivity index (χ3v) is 1.37. The zero-order chi connectivity index (χ0) is 8.27. The van der Waals surface area contributed by atoms with Gasteiger partial charge in [0.2, 0.25) is 0 Å². The van der Waals surface area contributed by atoms with Crippen molar-refractivity contribution in [3.63, 3.8) is 0 Å². The molecule has 1 amide bonds. The second kappa shape index (κ2) is 3.18. The molecule has 0 saturated carbocycles. The van der Waals surface area contributed by atoms with E-state index in [1.54, 1.807) is 10.9 Å². The number of carbonyl (C=O) groups excluding carboxylic acids is 1. The zero-order valence-electron chi connectivity index (χ0n) is 6.45. The number of nitrogens with zero attached hydrogens (tertiary/aromatic N) is 2. The lowest BCUT2D eigenvalue weighted by atomic mass is 10.3. The van der Waals surface area contributed by atoms with Gasteiger partial charge in [0.05, 0.1) is 11.8 Å². The molecule has 60 valence electrons. The molecule has 4 nitrogen and oxygen atoms in total. The van der Waals surface area contributed by atoms with Crippen molar-refractivity contribution in [1.82, 2.24) is 9.78 Å². The van der Waals surface area contributed by atoms with E-state index in [4.69, 9.17) is 5.73 Å². The van der Waals surface area contributed by atoms with Crippen molar-refractivity contribution in [3.05, 3.63) is 18.0 Å². The maximum Gasteiger partial charge on any atom is 0.251 e. The van der Waals surface area contributed by atoms with Gasteiger partial charge in [-0.15, -0.1) is 0 Å². The predicted octanol–water partition coefficient (Wildman–Crippen LogP) is 0.392. The molecule has 1 rings (SSSR count). The van der Waals surface area contributed by atoms with Gasteiger partial charge in [-0.2, -0.15) is 5.10 Å². The lowest BCUT2D eigenvalue weighted by Crippen LogP contribution is -2.09. The molecular weight excluding hydrogens is 142 g/mol. The molecule has 1 aromatic heterocycles. The molecule has 0 bridgehead atoms. The first-order valence-electron chi connectivity index (χ1n) is 3.56. The number of hydrogen-bond acceptors (Lipinski definition) is 2. The van der Waals surface area contributed by atoms with E-state index in [1.807, 2.05) is 6.92 Å². The highest BCUT2D eigenvalue weighted by Crippen LogP contribution is 1.96. The van der Waals surface area contributed by atoms with E-state index in [0.717, 1.165) is 13.0 Å². The summed E-state index contributed by atoms with van der Waals surface area (Å²) in [6, 6.07) is 0. The van der Waals surface area contributed by atoms with E-state index in [1.165, 1.54) is 6.20 Å². The Bertz CT molecular complexity index is 254. The molecule has 2 N–H and O–H groups in total. The zero-order valence-corrected chi connectivity index (χ0v) is 6.45. The number of hydrogen-bond donors (Lipinski definition) is 1. The van der Waals surface area contributed by atoms with Crippen LogP contribution >= 0.6 is 0 Å². The van der Waals surface area contributed by atoms with E-state index in [0.29, 0.717) is 5.56 Å². The molecule has 11 heavy (non-hydrogen) atoms. The quantitative estimate of drug-likeness (QED) is 0.682. The van der Waals surface area contributed by atoms with E-state index >= 15 is 0 Å². The largest absolute Gasteiger partial charge is 0.366 e. The average molecular weight is 153 g/mol. The molecule has 0 spiro atoms. The standard InChI is InChI=1S/C7H11N3O/c1-2-3-10-5-6(4-9-10)7(8)11/h4-5H,2-3H2,1H3,(H2,8,11). The van der Waals surface area contributed by atoms with Gasteiger partial charge >= 0.3 is 0 Å². The van der Waals surface area contributed by atoms with Crippen LogP contribution in [0.25, 0.3) is 0 Å². The Hall–Kier alpha value is -1.32. The minimum Gasteiger partial charge on any atom is -0.366 e. The van der Waals surface area contributed by atoms with Gasteiger partial charge in [0.25, 0.3) is 5.91 Å². The van der Waals surface area contributed by atoms with E-state index in [2.05, 4.69) is 5.10 Å². The van der Waals surface area contributed by atoms with Crippen molar-refractivity contribution in [1.29, 1.82) is 0 Å². The molecule has 4 heteroatoms. The summed E-state index contributed by atoms with van der Waals surface area (Å²) >= 11 is 0. The molecule has 0 atom stereocenters. The maximum absolute atomic E-state index is 10.6. The number of nitrogens with two attached hydrogens (primary N) is 1. The highest BCUT2D eigenvalue weighted by atomic mass is 16.1. The molecule has 0 aliphatic carbocycles. The van der Waals surface area contributed by atoms with Crippen molar-refractivity contribution >= 4 is 5.91 Å².